The molecule has 4 amide bonds. The Hall–Kier alpha value is -4.37. The molecule has 2 bridgehead atoms. The summed E-state index contributed by atoms with van der Waals surface area (Å²) >= 11 is 1.39. The van der Waals surface area contributed by atoms with Gasteiger partial charge in [-0.2, -0.15) is 0 Å². The highest BCUT2D eigenvalue weighted by molar-refractivity contribution is 7.07. The van der Waals surface area contributed by atoms with E-state index >= 15 is 0 Å². The minimum absolute atomic E-state index is 0.0119. The van der Waals surface area contributed by atoms with Crippen molar-refractivity contribution in [2.75, 3.05) is 20.1 Å². The van der Waals surface area contributed by atoms with E-state index in [1.165, 1.54) is 34.3 Å². The average molecular weight is 741 g/mol. The molecule has 4 heterocycles. The number of aliphatic hydroxyl groups excluding tert-OH is 1. The molecule has 2 aromatic heterocycles. The lowest BCUT2D eigenvalue weighted by atomic mass is 10.0. The zero-order valence-electron chi connectivity index (χ0n) is 30.0. The third kappa shape index (κ3) is 10.4. The molecule has 15 heteroatoms. The third-order valence-corrected chi connectivity index (χ3v) is 10.1. The number of aromatic nitrogens is 2. The summed E-state index contributed by atoms with van der Waals surface area (Å²) in [6, 6.07) is 2.25. The number of likely N-dealkylation sites (N-methyl/N-ethyl adjacent to an activating group) is 1. The number of aryl methyl sites for hydroxylation is 1. The van der Waals surface area contributed by atoms with E-state index in [4.69, 9.17) is 9.26 Å². The number of benzene rings is 1. The Bertz CT molecular complexity index is 1670. The Morgan fingerprint density at radius 3 is 2.58 bits per heavy atom. The minimum atomic E-state index is -1.08. The van der Waals surface area contributed by atoms with Gasteiger partial charge in [0, 0.05) is 56.9 Å². The van der Waals surface area contributed by atoms with Crippen molar-refractivity contribution in [2.45, 2.75) is 109 Å². The van der Waals surface area contributed by atoms with Crippen molar-refractivity contribution in [1.82, 2.24) is 30.6 Å². The quantitative estimate of drug-likeness (QED) is 0.358. The van der Waals surface area contributed by atoms with E-state index in [1.54, 1.807) is 11.6 Å². The topological polar surface area (TPSA) is 167 Å². The lowest BCUT2D eigenvalue weighted by Crippen LogP contribution is -2.57. The second-order valence-electron chi connectivity index (χ2n) is 14.1. The predicted octanol–water partition coefficient (Wildman–Crippen LogP) is 4.04. The van der Waals surface area contributed by atoms with Crippen LogP contribution in [-0.4, -0.2) is 93.0 Å². The molecular weight excluding hydrogens is 692 g/mol. The van der Waals surface area contributed by atoms with Crippen LogP contribution in [0, 0.1) is 11.7 Å². The van der Waals surface area contributed by atoms with Crippen LogP contribution in [0.5, 0.6) is 5.75 Å². The standard InChI is InChI=1S/C37H49FN6O7S/c1-23(2)14-30-36(48)44-19-27(45)18-32(44)37(49)43(3)31(17-26-21-52-22-40-26)35(47)39-13-9-7-5-4-6-8-10-28-16-25(42-51-28)20-50-33-15-24(38)11-12-29(33)34(46)41-30/h11-12,15-16,21-23,27,30-32,45H,4-10,13-14,17-20H2,1-3H3,(H,39,47)(H,41,46)/t27-,30+,31-,32+/m0/s1. The number of carbonyl (C=O) groups is 4. The molecule has 3 aromatic rings. The Balaban J connectivity index is 1.42. The molecule has 52 heavy (non-hydrogen) atoms. The highest BCUT2D eigenvalue weighted by Gasteiger charge is 2.44. The molecule has 2 aliphatic heterocycles. The van der Waals surface area contributed by atoms with Gasteiger partial charge in [0.2, 0.25) is 17.7 Å². The van der Waals surface area contributed by atoms with Crippen LogP contribution in [0.3, 0.4) is 0 Å². The maximum Gasteiger partial charge on any atom is 0.255 e. The lowest BCUT2D eigenvalue weighted by Gasteiger charge is -2.34. The number of carbonyl (C=O) groups excluding carboxylic acids is 4. The van der Waals surface area contributed by atoms with Gasteiger partial charge < -0.3 is 34.8 Å². The summed E-state index contributed by atoms with van der Waals surface area (Å²) in [7, 11) is 1.53. The normalized spacial score (nSPS) is 23.5. The van der Waals surface area contributed by atoms with Crippen LogP contribution >= 0.6 is 11.3 Å². The van der Waals surface area contributed by atoms with Gasteiger partial charge in [-0.3, -0.25) is 19.2 Å². The van der Waals surface area contributed by atoms with Crippen LogP contribution < -0.4 is 15.4 Å². The number of thiazole rings is 1. The van der Waals surface area contributed by atoms with Gasteiger partial charge in [0.1, 0.15) is 47.8 Å². The number of hydrogen-bond donors (Lipinski definition) is 3. The summed E-state index contributed by atoms with van der Waals surface area (Å²) in [6.45, 7) is 4.05. The van der Waals surface area contributed by atoms with Gasteiger partial charge in [-0.05, 0) is 37.3 Å². The van der Waals surface area contributed by atoms with Gasteiger partial charge in [-0.1, -0.05) is 44.7 Å². The lowest BCUT2D eigenvalue weighted by molar-refractivity contribution is -0.147. The van der Waals surface area contributed by atoms with Crippen molar-refractivity contribution in [1.29, 1.82) is 0 Å². The van der Waals surface area contributed by atoms with E-state index in [9.17, 15) is 28.7 Å². The minimum Gasteiger partial charge on any atom is -0.486 e. The zero-order valence-corrected chi connectivity index (χ0v) is 30.8. The van der Waals surface area contributed by atoms with Gasteiger partial charge in [-0.25, -0.2) is 9.37 Å². The maximum atomic E-state index is 14.4. The zero-order chi connectivity index (χ0) is 37.2. The fourth-order valence-corrected chi connectivity index (χ4v) is 7.28. The first-order valence-electron chi connectivity index (χ1n) is 18.1. The van der Waals surface area contributed by atoms with Crippen LogP contribution in [0.25, 0.3) is 0 Å². The molecule has 282 valence electrons. The Labute approximate surface area is 307 Å². The number of amides is 4. The van der Waals surface area contributed by atoms with Crippen molar-refractivity contribution in [3.8, 4) is 5.75 Å². The molecule has 4 atom stereocenters. The molecule has 13 nitrogen and oxygen atoms in total. The molecule has 5 rings (SSSR count). The Morgan fingerprint density at radius 2 is 1.83 bits per heavy atom. The molecule has 1 fully saturated rings. The van der Waals surface area contributed by atoms with Crippen LogP contribution in [-0.2, 0) is 33.8 Å². The third-order valence-electron chi connectivity index (χ3n) is 9.48. The van der Waals surface area contributed by atoms with Gasteiger partial charge >= 0.3 is 0 Å². The number of nitrogens with zero attached hydrogens (tertiary/aromatic N) is 4. The second-order valence-corrected chi connectivity index (χ2v) is 14.8. The van der Waals surface area contributed by atoms with Crippen LogP contribution in [0.4, 0.5) is 4.39 Å². The van der Waals surface area contributed by atoms with E-state index in [1.807, 2.05) is 19.2 Å². The first-order chi connectivity index (χ1) is 25.0. The van der Waals surface area contributed by atoms with Crippen LogP contribution in [0.2, 0.25) is 0 Å². The molecule has 0 aliphatic carbocycles. The number of ether oxygens (including phenoxy) is 1. The number of hydrogen-bond acceptors (Lipinski definition) is 10. The Kier molecular flexibility index (Phi) is 13.8. The summed E-state index contributed by atoms with van der Waals surface area (Å²) in [4.78, 5) is 62.7. The molecule has 2 aliphatic rings. The van der Waals surface area contributed by atoms with E-state index in [0.717, 1.165) is 50.7 Å². The number of rotatable bonds is 4. The molecule has 0 saturated carbocycles. The molecule has 0 radical (unpaired) electrons. The Morgan fingerprint density at radius 1 is 1.06 bits per heavy atom. The number of fused-ring (bicyclic) bond motifs is 4. The van der Waals surface area contributed by atoms with E-state index in [-0.39, 0.29) is 55.6 Å². The highest BCUT2D eigenvalue weighted by Crippen LogP contribution is 2.26. The predicted molar refractivity (Wildman–Crippen MR) is 191 cm³/mol. The molecule has 1 saturated heterocycles. The van der Waals surface area contributed by atoms with Crippen molar-refractivity contribution >= 4 is 35.0 Å². The summed E-state index contributed by atoms with van der Waals surface area (Å²) in [5, 5.41) is 22.4. The van der Waals surface area contributed by atoms with Crippen molar-refractivity contribution in [2.24, 2.45) is 5.92 Å². The summed E-state index contributed by atoms with van der Waals surface area (Å²) < 4.78 is 25.7. The summed E-state index contributed by atoms with van der Waals surface area (Å²) in [5.41, 5.74) is 2.83. The van der Waals surface area contributed by atoms with Crippen molar-refractivity contribution < 1.29 is 37.9 Å². The van der Waals surface area contributed by atoms with Gasteiger partial charge in [0.05, 0.1) is 22.9 Å². The molecule has 1 aromatic carbocycles. The monoisotopic (exact) mass is 740 g/mol. The summed E-state index contributed by atoms with van der Waals surface area (Å²) in [5.74, 6) is -2.03. The van der Waals surface area contributed by atoms with E-state index in [2.05, 4.69) is 20.8 Å². The fraction of sp³-hybridized carbons (Fsp3) is 0.568. The molecule has 3 N–H and O–H groups in total. The van der Waals surface area contributed by atoms with E-state index in [0.29, 0.717) is 30.1 Å². The van der Waals surface area contributed by atoms with Crippen LogP contribution in [0.1, 0.15) is 92.7 Å². The molecular formula is C37H49FN6O7S. The number of halogens is 1. The smallest absolute Gasteiger partial charge is 0.255 e. The molecule has 0 spiro atoms. The van der Waals surface area contributed by atoms with Crippen molar-refractivity contribution in [3.05, 3.63) is 63.7 Å². The number of aliphatic hydroxyl groups is 1. The summed E-state index contributed by atoms with van der Waals surface area (Å²) in [6.07, 6.45) is 5.73. The highest BCUT2D eigenvalue weighted by atomic mass is 32.1. The van der Waals surface area contributed by atoms with Crippen molar-refractivity contribution in [3.63, 3.8) is 0 Å². The first-order valence-corrected chi connectivity index (χ1v) is 19.0. The van der Waals surface area contributed by atoms with Gasteiger partial charge in [0.15, 0.2) is 0 Å². The fourth-order valence-electron chi connectivity index (χ4n) is 6.71. The van der Waals surface area contributed by atoms with Gasteiger partial charge in [-0.15, -0.1) is 11.3 Å². The largest absolute Gasteiger partial charge is 0.486 e. The first kappa shape index (κ1) is 38.9. The van der Waals surface area contributed by atoms with Gasteiger partial charge in [0.25, 0.3) is 5.91 Å². The number of nitrogens with one attached hydrogen (secondary N) is 2. The van der Waals surface area contributed by atoms with Crippen LogP contribution in [0.15, 0.2) is 39.7 Å². The average Bonchev–Trinajstić information content (AvgIpc) is 3.89. The maximum absolute atomic E-state index is 14.4. The molecule has 0 unspecified atom stereocenters. The van der Waals surface area contributed by atoms with E-state index < -0.39 is 47.8 Å². The second kappa shape index (κ2) is 18.4. The SMILES string of the molecule is CC(C)C[C@H]1NC(=O)c2ccc(F)cc2OCc2cc(on2)CCCCCCCCNC(=O)[C@H](Cc2cscn2)N(C)C(=O)[C@H]2C[C@H](O)CN2C1=O.